The second-order valence-corrected chi connectivity index (χ2v) is 5.47. The molecule has 0 aromatic heterocycles. The van der Waals surface area contributed by atoms with Gasteiger partial charge in [0.25, 0.3) is 5.91 Å². The number of carbonyl (C=O) groups excluding carboxylic acids is 1. The summed E-state index contributed by atoms with van der Waals surface area (Å²) in [5.74, 6) is 0.347. The SMILES string of the molecule is CN=C(NCCc1ccccc1F)NCc1ccc(C(=O)NC)cc1. The minimum Gasteiger partial charge on any atom is -0.356 e. The minimum atomic E-state index is -0.191. The first kappa shape index (κ1) is 18.4. The monoisotopic (exact) mass is 342 g/mol. The molecule has 25 heavy (non-hydrogen) atoms. The van der Waals surface area contributed by atoms with Gasteiger partial charge in [0.1, 0.15) is 5.82 Å². The largest absolute Gasteiger partial charge is 0.356 e. The molecule has 2 rings (SSSR count). The van der Waals surface area contributed by atoms with E-state index in [1.165, 1.54) is 6.07 Å². The van der Waals surface area contributed by atoms with E-state index in [4.69, 9.17) is 0 Å². The van der Waals surface area contributed by atoms with Gasteiger partial charge in [-0.2, -0.15) is 0 Å². The van der Waals surface area contributed by atoms with Gasteiger partial charge in [-0.3, -0.25) is 9.79 Å². The molecule has 0 unspecified atom stereocenters. The normalized spacial score (nSPS) is 11.1. The van der Waals surface area contributed by atoms with Gasteiger partial charge in [0.15, 0.2) is 5.96 Å². The van der Waals surface area contributed by atoms with Crippen LogP contribution in [0.3, 0.4) is 0 Å². The highest BCUT2D eigenvalue weighted by Crippen LogP contribution is 2.06. The third-order valence-electron chi connectivity index (χ3n) is 3.77. The Hall–Kier alpha value is -2.89. The molecule has 0 atom stereocenters. The Morgan fingerprint density at radius 2 is 1.80 bits per heavy atom. The smallest absolute Gasteiger partial charge is 0.251 e. The summed E-state index contributed by atoms with van der Waals surface area (Å²) in [7, 11) is 3.29. The van der Waals surface area contributed by atoms with Gasteiger partial charge in [0.05, 0.1) is 0 Å². The number of hydrogen-bond donors (Lipinski definition) is 3. The van der Waals surface area contributed by atoms with Gasteiger partial charge in [0.2, 0.25) is 0 Å². The van der Waals surface area contributed by atoms with Gasteiger partial charge in [-0.05, 0) is 35.7 Å². The van der Waals surface area contributed by atoms with Crippen molar-refractivity contribution in [1.29, 1.82) is 0 Å². The van der Waals surface area contributed by atoms with Gasteiger partial charge in [0, 0.05) is 32.7 Å². The van der Waals surface area contributed by atoms with Gasteiger partial charge < -0.3 is 16.0 Å². The second kappa shape index (κ2) is 9.42. The molecule has 5 nitrogen and oxygen atoms in total. The van der Waals surface area contributed by atoms with Gasteiger partial charge >= 0.3 is 0 Å². The molecule has 0 bridgehead atoms. The molecule has 2 aromatic carbocycles. The molecule has 132 valence electrons. The lowest BCUT2D eigenvalue weighted by molar-refractivity contribution is 0.0963. The fourth-order valence-corrected chi connectivity index (χ4v) is 2.34. The first-order valence-electron chi connectivity index (χ1n) is 8.13. The first-order valence-corrected chi connectivity index (χ1v) is 8.13. The number of aliphatic imine (C=N–C) groups is 1. The van der Waals surface area contributed by atoms with Crippen LogP contribution in [0.2, 0.25) is 0 Å². The van der Waals surface area contributed by atoms with Crippen LogP contribution in [0.1, 0.15) is 21.5 Å². The predicted octanol–water partition coefficient (Wildman–Crippen LogP) is 2.09. The Labute approximate surface area is 147 Å². The number of hydrogen-bond acceptors (Lipinski definition) is 2. The maximum absolute atomic E-state index is 13.6. The molecule has 0 aliphatic rings. The maximum Gasteiger partial charge on any atom is 0.251 e. The maximum atomic E-state index is 13.6. The quantitative estimate of drug-likeness (QED) is 0.556. The van der Waals surface area contributed by atoms with Crippen LogP contribution in [0.15, 0.2) is 53.5 Å². The van der Waals surface area contributed by atoms with Crippen molar-refractivity contribution in [3.8, 4) is 0 Å². The summed E-state index contributed by atoms with van der Waals surface area (Å²) in [4.78, 5) is 15.7. The van der Waals surface area contributed by atoms with E-state index < -0.39 is 0 Å². The first-order chi connectivity index (χ1) is 12.1. The standard InChI is InChI=1S/C19H23FN4O/c1-21-18(25)16-9-7-14(8-10-16)13-24-19(22-2)23-12-11-15-5-3-4-6-17(15)20/h3-10H,11-13H2,1-2H3,(H,21,25)(H2,22,23,24). The van der Waals surface area contributed by atoms with Crippen LogP contribution in [0, 0.1) is 5.82 Å². The fourth-order valence-electron chi connectivity index (χ4n) is 2.34. The predicted molar refractivity (Wildman–Crippen MR) is 98.1 cm³/mol. The molecular weight excluding hydrogens is 319 g/mol. The van der Waals surface area contributed by atoms with Gasteiger partial charge in [-0.25, -0.2) is 4.39 Å². The second-order valence-electron chi connectivity index (χ2n) is 5.47. The van der Waals surface area contributed by atoms with Gasteiger partial charge in [-0.1, -0.05) is 30.3 Å². The zero-order valence-corrected chi connectivity index (χ0v) is 14.5. The lowest BCUT2D eigenvalue weighted by Gasteiger charge is -2.12. The van der Waals surface area contributed by atoms with E-state index in [1.807, 2.05) is 18.2 Å². The molecule has 0 spiro atoms. The molecule has 0 radical (unpaired) electrons. The number of carbonyl (C=O) groups is 1. The van der Waals surface area contributed by atoms with Crippen LogP contribution in [0.25, 0.3) is 0 Å². The minimum absolute atomic E-state index is 0.106. The molecule has 1 amide bonds. The molecule has 6 heteroatoms. The average molecular weight is 342 g/mol. The van der Waals surface area contributed by atoms with E-state index in [0.717, 1.165) is 5.56 Å². The van der Waals surface area contributed by atoms with Crippen molar-refractivity contribution in [3.05, 3.63) is 71.0 Å². The lowest BCUT2D eigenvalue weighted by atomic mass is 10.1. The van der Waals surface area contributed by atoms with Crippen LogP contribution in [-0.4, -0.2) is 32.5 Å². The van der Waals surface area contributed by atoms with Crippen molar-refractivity contribution >= 4 is 11.9 Å². The van der Waals surface area contributed by atoms with E-state index in [9.17, 15) is 9.18 Å². The number of amides is 1. The molecule has 2 aromatic rings. The van der Waals surface area contributed by atoms with Gasteiger partial charge in [-0.15, -0.1) is 0 Å². The van der Waals surface area contributed by atoms with Crippen molar-refractivity contribution in [2.24, 2.45) is 4.99 Å². The fraction of sp³-hybridized carbons (Fsp3) is 0.263. The Kier molecular flexibility index (Phi) is 6.95. The third-order valence-corrected chi connectivity index (χ3v) is 3.77. The highest BCUT2D eigenvalue weighted by atomic mass is 19.1. The van der Waals surface area contributed by atoms with Crippen molar-refractivity contribution in [1.82, 2.24) is 16.0 Å². The van der Waals surface area contributed by atoms with Crippen molar-refractivity contribution < 1.29 is 9.18 Å². The molecule has 0 saturated heterocycles. The van der Waals surface area contributed by atoms with Crippen LogP contribution < -0.4 is 16.0 Å². The zero-order chi connectivity index (χ0) is 18.1. The summed E-state index contributed by atoms with van der Waals surface area (Å²) in [6.07, 6.45) is 0.578. The lowest BCUT2D eigenvalue weighted by Crippen LogP contribution is -2.37. The van der Waals surface area contributed by atoms with E-state index in [-0.39, 0.29) is 11.7 Å². The highest BCUT2D eigenvalue weighted by molar-refractivity contribution is 5.93. The van der Waals surface area contributed by atoms with Crippen molar-refractivity contribution in [2.75, 3.05) is 20.6 Å². The van der Waals surface area contributed by atoms with Crippen molar-refractivity contribution in [2.45, 2.75) is 13.0 Å². The summed E-state index contributed by atoms with van der Waals surface area (Å²) in [5, 5.41) is 8.95. The van der Waals surface area contributed by atoms with Crippen LogP contribution in [0.5, 0.6) is 0 Å². The number of rotatable bonds is 6. The topological polar surface area (TPSA) is 65.5 Å². The summed E-state index contributed by atoms with van der Waals surface area (Å²) < 4.78 is 13.6. The average Bonchev–Trinajstić information content (AvgIpc) is 2.65. The van der Waals surface area contributed by atoms with E-state index in [2.05, 4.69) is 20.9 Å². The third kappa shape index (κ3) is 5.60. The molecule has 0 saturated carbocycles. The van der Waals surface area contributed by atoms with E-state index in [1.54, 1.807) is 38.4 Å². The molecule has 0 heterocycles. The molecule has 0 fully saturated rings. The zero-order valence-electron chi connectivity index (χ0n) is 14.5. The Morgan fingerprint density at radius 1 is 1.08 bits per heavy atom. The Balaban J connectivity index is 1.80. The summed E-state index contributed by atoms with van der Waals surface area (Å²) in [6, 6.07) is 14.1. The Morgan fingerprint density at radius 3 is 2.44 bits per heavy atom. The number of nitrogens with zero attached hydrogens (tertiary/aromatic N) is 1. The molecule has 0 aliphatic carbocycles. The number of nitrogens with one attached hydrogen (secondary N) is 3. The van der Waals surface area contributed by atoms with Crippen molar-refractivity contribution in [3.63, 3.8) is 0 Å². The number of guanidine groups is 1. The van der Waals surface area contributed by atoms with Crippen LogP contribution >= 0.6 is 0 Å². The van der Waals surface area contributed by atoms with E-state index in [0.29, 0.717) is 36.6 Å². The van der Waals surface area contributed by atoms with Crippen LogP contribution in [-0.2, 0) is 13.0 Å². The summed E-state index contributed by atoms with van der Waals surface area (Å²) >= 11 is 0. The number of benzene rings is 2. The molecular formula is C19H23FN4O. The van der Waals surface area contributed by atoms with E-state index >= 15 is 0 Å². The summed E-state index contributed by atoms with van der Waals surface area (Å²) in [5.41, 5.74) is 2.33. The Bertz CT molecular complexity index is 728. The number of halogens is 1. The molecule has 0 aliphatic heterocycles. The summed E-state index contributed by atoms with van der Waals surface area (Å²) in [6.45, 7) is 1.16. The molecule has 3 N–H and O–H groups in total. The van der Waals surface area contributed by atoms with Crippen LogP contribution in [0.4, 0.5) is 4.39 Å². The highest BCUT2D eigenvalue weighted by Gasteiger charge is 2.04.